The van der Waals surface area contributed by atoms with Gasteiger partial charge in [-0.3, -0.25) is 4.79 Å². The number of nitrogens with zero attached hydrogens (tertiary/aromatic N) is 1. The average molecular weight is 248 g/mol. The molecule has 0 aromatic heterocycles. The van der Waals surface area contributed by atoms with Gasteiger partial charge in [0.15, 0.2) is 0 Å². The Morgan fingerprint density at radius 1 is 1.39 bits per heavy atom. The van der Waals surface area contributed by atoms with Gasteiger partial charge in [0, 0.05) is 12.6 Å². The number of amides is 1. The summed E-state index contributed by atoms with van der Waals surface area (Å²) in [7, 11) is 0. The van der Waals surface area contributed by atoms with Crippen LogP contribution in [0.4, 0.5) is 0 Å². The molecule has 1 heterocycles. The minimum absolute atomic E-state index is 0.0647. The van der Waals surface area contributed by atoms with E-state index in [9.17, 15) is 9.90 Å². The number of carbonyl (C=O) groups excluding carboxylic acids is 1. The van der Waals surface area contributed by atoms with Crippen molar-refractivity contribution < 1.29 is 9.90 Å². The number of nitrogens with one attached hydrogen (secondary N) is 1. The summed E-state index contributed by atoms with van der Waals surface area (Å²) in [6.45, 7) is 4.57. The molecule has 1 saturated heterocycles. The van der Waals surface area contributed by atoms with Gasteiger partial charge < -0.3 is 15.3 Å². The predicted molar refractivity (Wildman–Crippen MR) is 70.7 cm³/mol. The van der Waals surface area contributed by atoms with Crippen LogP contribution in [0.25, 0.3) is 0 Å². The molecule has 4 nitrogen and oxygen atoms in total. The smallest absolute Gasteiger partial charge is 0.257 e. The fourth-order valence-electron chi connectivity index (χ4n) is 2.50. The zero-order valence-corrected chi connectivity index (χ0v) is 10.7. The maximum atomic E-state index is 12.4. The molecule has 0 radical (unpaired) electrons. The molecule has 4 heteroatoms. The Bertz CT molecular complexity index is 414. The zero-order chi connectivity index (χ0) is 13.0. The number of phenols is 1. The summed E-state index contributed by atoms with van der Waals surface area (Å²) in [5.41, 5.74) is 0.401. The minimum Gasteiger partial charge on any atom is -0.507 e. The molecule has 1 aromatic carbocycles. The van der Waals surface area contributed by atoms with Gasteiger partial charge in [-0.25, -0.2) is 0 Å². The highest BCUT2D eigenvalue weighted by molar-refractivity contribution is 5.97. The zero-order valence-electron chi connectivity index (χ0n) is 10.7. The SMILES string of the molecule is CCN(C(=O)c1ccccc1O)C1CCNCC1. The number of carbonyl (C=O) groups is 1. The van der Waals surface area contributed by atoms with Gasteiger partial charge in [-0.1, -0.05) is 12.1 Å². The number of rotatable bonds is 3. The van der Waals surface area contributed by atoms with Crippen molar-refractivity contribution >= 4 is 5.91 Å². The first-order valence-electron chi connectivity index (χ1n) is 6.53. The second kappa shape index (κ2) is 5.87. The van der Waals surface area contributed by atoms with E-state index in [0.29, 0.717) is 12.1 Å². The molecule has 2 rings (SSSR count). The Hall–Kier alpha value is -1.55. The molecule has 18 heavy (non-hydrogen) atoms. The number of benzene rings is 1. The molecule has 1 aliphatic heterocycles. The van der Waals surface area contributed by atoms with E-state index in [-0.39, 0.29) is 17.7 Å². The molecule has 2 N–H and O–H groups in total. The molecule has 0 bridgehead atoms. The molecule has 0 aliphatic carbocycles. The van der Waals surface area contributed by atoms with Crippen molar-refractivity contribution in [3.8, 4) is 5.75 Å². The number of piperidine rings is 1. The van der Waals surface area contributed by atoms with E-state index in [1.165, 1.54) is 0 Å². The normalized spacial score (nSPS) is 16.5. The lowest BCUT2D eigenvalue weighted by molar-refractivity contribution is 0.0653. The van der Waals surface area contributed by atoms with E-state index in [4.69, 9.17) is 0 Å². The van der Waals surface area contributed by atoms with E-state index in [1.54, 1.807) is 24.3 Å². The molecule has 1 aromatic rings. The van der Waals surface area contributed by atoms with Crippen molar-refractivity contribution in [3.63, 3.8) is 0 Å². The van der Waals surface area contributed by atoms with Crippen LogP contribution in [-0.4, -0.2) is 41.6 Å². The highest BCUT2D eigenvalue weighted by Crippen LogP contribution is 2.21. The molecule has 0 saturated carbocycles. The van der Waals surface area contributed by atoms with Gasteiger partial charge >= 0.3 is 0 Å². The van der Waals surface area contributed by atoms with Crippen molar-refractivity contribution in [2.24, 2.45) is 0 Å². The van der Waals surface area contributed by atoms with Crippen LogP contribution in [0.2, 0.25) is 0 Å². The van der Waals surface area contributed by atoms with Crippen LogP contribution in [-0.2, 0) is 0 Å². The quantitative estimate of drug-likeness (QED) is 0.854. The third-order valence-electron chi connectivity index (χ3n) is 3.49. The van der Waals surface area contributed by atoms with Crippen molar-refractivity contribution in [3.05, 3.63) is 29.8 Å². The summed E-state index contributed by atoms with van der Waals surface area (Å²) in [6.07, 6.45) is 1.96. The second-order valence-corrected chi connectivity index (χ2v) is 4.59. The molecular weight excluding hydrogens is 228 g/mol. The molecule has 1 fully saturated rings. The maximum Gasteiger partial charge on any atom is 0.257 e. The molecule has 0 spiro atoms. The van der Waals surface area contributed by atoms with E-state index in [0.717, 1.165) is 25.9 Å². The predicted octanol–water partition coefficient (Wildman–Crippen LogP) is 1.61. The molecule has 1 aliphatic rings. The maximum absolute atomic E-state index is 12.4. The fraction of sp³-hybridized carbons (Fsp3) is 0.500. The van der Waals surface area contributed by atoms with Crippen molar-refractivity contribution in [2.75, 3.05) is 19.6 Å². The Kier molecular flexibility index (Phi) is 4.20. The van der Waals surface area contributed by atoms with Crippen LogP contribution in [0.3, 0.4) is 0 Å². The molecule has 0 atom stereocenters. The lowest BCUT2D eigenvalue weighted by Crippen LogP contribution is -2.46. The highest BCUT2D eigenvalue weighted by Gasteiger charge is 2.26. The lowest BCUT2D eigenvalue weighted by Gasteiger charge is -2.34. The van der Waals surface area contributed by atoms with Gasteiger partial charge in [-0.15, -0.1) is 0 Å². The summed E-state index contributed by atoms with van der Waals surface area (Å²) in [5.74, 6) is -0.00242. The van der Waals surface area contributed by atoms with E-state index in [2.05, 4.69) is 5.32 Å². The Labute approximate surface area is 108 Å². The largest absolute Gasteiger partial charge is 0.507 e. The van der Waals surface area contributed by atoms with Gasteiger partial charge in [-0.2, -0.15) is 0 Å². The van der Waals surface area contributed by atoms with Crippen LogP contribution >= 0.6 is 0 Å². The van der Waals surface area contributed by atoms with E-state index < -0.39 is 0 Å². The summed E-state index contributed by atoms with van der Waals surface area (Å²) >= 11 is 0. The van der Waals surface area contributed by atoms with Crippen LogP contribution in [0.1, 0.15) is 30.1 Å². The monoisotopic (exact) mass is 248 g/mol. The first-order valence-corrected chi connectivity index (χ1v) is 6.53. The third-order valence-corrected chi connectivity index (χ3v) is 3.49. The minimum atomic E-state index is -0.0671. The van der Waals surface area contributed by atoms with Crippen molar-refractivity contribution in [1.29, 1.82) is 0 Å². The first-order chi connectivity index (χ1) is 8.74. The van der Waals surface area contributed by atoms with Crippen molar-refractivity contribution in [1.82, 2.24) is 10.2 Å². The molecule has 98 valence electrons. The summed E-state index contributed by atoms with van der Waals surface area (Å²) < 4.78 is 0. The van der Waals surface area contributed by atoms with E-state index >= 15 is 0 Å². The van der Waals surface area contributed by atoms with Crippen LogP contribution in [0, 0.1) is 0 Å². The number of para-hydroxylation sites is 1. The summed E-state index contributed by atoms with van der Waals surface area (Å²) in [6, 6.07) is 7.03. The molecule has 0 unspecified atom stereocenters. The summed E-state index contributed by atoms with van der Waals surface area (Å²) in [5, 5.41) is 13.1. The highest BCUT2D eigenvalue weighted by atomic mass is 16.3. The van der Waals surface area contributed by atoms with E-state index in [1.807, 2.05) is 11.8 Å². The number of hydrogen-bond acceptors (Lipinski definition) is 3. The Balaban J connectivity index is 2.17. The Morgan fingerprint density at radius 2 is 2.06 bits per heavy atom. The first kappa shape index (κ1) is 12.9. The second-order valence-electron chi connectivity index (χ2n) is 4.59. The van der Waals surface area contributed by atoms with Gasteiger partial charge in [-0.05, 0) is 45.0 Å². The van der Waals surface area contributed by atoms with Crippen LogP contribution in [0.15, 0.2) is 24.3 Å². The third kappa shape index (κ3) is 2.64. The number of aromatic hydroxyl groups is 1. The standard InChI is InChI=1S/C14H20N2O2/c1-2-16(11-7-9-15-10-8-11)14(18)12-5-3-4-6-13(12)17/h3-6,11,15,17H,2,7-10H2,1H3. The molecular formula is C14H20N2O2. The average Bonchev–Trinajstić information content (AvgIpc) is 2.41. The van der Waals surface area contributed by atoms with Crippen molar-refractivity contribution in [2.45, 2.75) is 25.8 Å². The van der Waals surface area contributed by atoms with Gasteiger partial charge in [0.25, 0.3) is 5.91 Å². The fourth-order valence-corrected chi connectivity index (χ4v) is 2.50. The number of phenolic OH excluding ortho intramolecular Hbond substituents is 1. The number of hydrogen-bond donors (Lipinski definition) is 2. The molecule has 1 amide bonds. The van der Waals surface area contributed by atoms with Gasteiger partial charge in [0.05, 0.1) is 5.56 Å². The van der Waals surface area contributed by atoms with Crippen LogP contribution in [0.5, 0.6) is 5.75 Å². The van der Waals surface area contributed by atoms with Crippen LogP contribution < -0.4 is 5.32 Å². The topological polar surface area (TPSA) is 52.6 Å². The Morgan fingerprint density at radius 3 is 2.67 bits per heavy atom. The van der Waals surface area contributed by atoms with Gasteiger partial charge in [0.2, 0.25) is 0 Å². The van der Waals surface area contributed by atoms with Gasteiger partial charge in [0.1, 0.15) is 5.75 Å². The summed E-state index contributed by atoms with van der Waals surface area (Å²) in [4.78, 5) is 14.3. The lowest BCUT2D eigenvalue weighted by atomic mass is 10.0.